The highest BCUT2D eigenvalue weighted by molar-refractivity contribution is 7.89. The molecule has 0 unspecified atom stereocenters. The molecule has 0 saturated carbocycles. The molecule has 3 N–H and O–H groups in total. The third-order valence-corrected chi connectivity index (χ3v) is 3.75. The predicted octanol–water partition coefficient (Wildman–Crippen LogP) is 1.13. The lowest BCUT2D eigenvalue weighted by Gasteiger charge is -2.08. The molecule has 21 heavy (non-hydrogen) atoms. The third kappa shape index (κ3) is 6.70. The van der Waals surface area contributed by atoms with Crippen LogP contribution in [0.2, 0.25) is 0 Å². The van der Waals surface area contributed by atoms with Crippen LogP contribution < -0.4 is 10.5 Å². The first kappa shape index (κ1) is 17.6. The molecule has 1 amide bonds. The van der Waals surface area contributed by atoms with Crippen molar-refractivity contribution in [3.05, 3.63) is 29.8 Å². The van der Waals surface area contributed by atoms with Crippen molar-refractivity contribution in [3.63, 3.8) is 0 Å². The minimum Gasteiger partial charge on any atom is -0.380 e. The fourth-order valence-corrected chi connectivity index (χ4v) is 2.07. The minimum absolute atomic E-state index is 0.0175. The lowest BCUT2D eigenvalue weighted by atomic mass is 10.1. The number of hydrogen-bond donors (Lipinski definition) is 2. The highest BCUT2D eigenvalue weighted by Crippen LogP contribution is 2.08. The number of amides is 1. The lowest BCUT2D eigenvalue weighted by molar-refractivity contribution is 0.0905. The van der Waals surface area contributed by atoms with Gasteiger partial charge in [0.05, 0.1) is 11.5 Å². The van der Waals surface area contributed by atoms with E-state index in [9.17, 15) is 13.2 Å². The van der Waals surface area contributed by atoms with Crippen molar-refractivity contribution in [1.82, 2.24) is 5.32 Å². The van der Waals surface area contributed by atoms with Gasteiger partial charge in [0.15, 0.2) is 0 Å². The number of hydrogen-bond acceptors (Lipinski definition) is 4. The molecular formula is C14H22N2O4S. The van der Waals surface area contributed by atoms with Gasteiger partial charge in [0.1, 0.15) is 0 Å². The van der Waals surface area contributed by atoms with E-state index in [0.717, 1.165) is 6.42 Å². The Bertz CT molecular complexity index is 553. The standard InChI is InChI=1S/C14H22N2O4S/c1-11(2)7-9-20-10-8-16-14(17)12-3-5-13(6-4-12)21(15,18)19/h3-6,11H,7-10H2,1-2H3,(H,16,17)(H2,15,18,19). The summed E-state index contributed by atoms with van der Waals surface area (Å²) in [6, 6.07) is 5.47. The van der Waals surface area contributed by atoms with Crippen molar-refractivity contribution in [2.24, 2.45) is 11.1 Å². The Morgan fingerprint density at radius 1 is 1.24 bits per heavy atom. The van der Waals surface area contributed by atoms with Crippen LogP contribution in [0.4, 0.5) is 0 Å². The molecule has 6 nitrogen and oxygen atoms in total. The zero-order valence-electron chi connectivity index (χ0n) is 12.3. The number of ether oxygens (including phenoxy) is 1. The van der Waals surface area contributed by atoms with E-state index in [2.05, 4.69) is 19.2 Å². The van der Waals surface area contributed by atoms with E-state index in [-0.39, 0.29) is 10.8 Å². The minimum atomic E-state index is -3.73. The molecule has 1 rings (SSSR count). The highest BCUT2D eigenvalue weighted by atomic mass is 32.2. The largest absolute Gasteiger partial charge is 0.380 e. The molecule has 1 aromatic rings. The van der Waals surface area contributed by atoms with Gasteiger partial charge in [-0.2, -0.15) is 0 Å². The normalized spacial score (nSPS) is 11.6. The number of benzene rings is 1. The molecule has 0 heterocycles. The molecule has 0 fully saturated rings. The summed E-state index contributed by atoms with van der Waals surface area (Å²) in [5, 5.41) is 7.69. The van der Waals surface area contributed by atoms with Crippen LogP contribution in [0.5, 0.6) is 0 Å². The summed E-state index contributed by atoms with van der Waals surface area (Å²) in [6.07, 6.45) is 0.989. The number of rotatable bonds is 8. The molecule has 0 bridgehead atoms. The van der Waals surface area contributed by atoms with E-state index in [4.69, 9.17) is 9.88 Å². The van der Waals surface area contributed by atoms with Crippen LogP contribution in [0.3, 0.4) is 0 Å². The molecule has 1 aromatic carbocycles. The molecule has 0 spiro atoms. The summed E-state index contributed by atoms with van der Waals surface area (Å²) in [7, 11) is -3.73. The van der Waals surface area contributed by atoms with Crippen molar-refractivity contribution in [2.75, 3.05) is 19.8 Å². The van der Waals surface area contributed by atoms with Crippen molar-refractivity contribution >= 4 is 15.9 Å². The highest BCUT2D eigenvalue weighted by Gasteiger charge is 2.09. The van der Waals surface area contributed by atoms with Gasteiger partial charge in [0.2, 0.25) is 10.0 Å². The number of carbonyl (C=O) groups is 1. The summed E-state index contributed by atoms with van der Waals surface area (Å²) in [6.45, 7) is 5.78. The van der Waals surface area contributed by atoms with Gasteiger partial charge in [-0.1, -0.05) is 13.8 Å². The summed E-state index contributed by atoms with van der Waals surface area (Å²) in [5.41, 5.74) is 0.379. The van der Waals surface area contributed by atoms with Crippen LogP contribution in [0.1, 0.15) is 30.6 Å². The summed E-state index contributed by atoms with van der Waals surface area (Å²) < 4.78 is 27.6. The van der Waals surface area contributed by atoms with Gasteiger partial charge in [0.25, 0.3) is 5.91 Å². The molecule has 0 aliphatic rings. The SMILES string of the molecule is CC(C)CCOCCNC(=O)c1ccc(S(N)(=O)=O)cc1. The fourth-order valence-electron chi connectivity index (χ4n) is 1.56. The smallest absolute Gasteiger partial charge is 0.251 e. The Labute approximate surface area is 125 Å². The third-order valence-electron chi connectivity index (χ3n) is 2.82. The number of carbonyl (C=O) groups excluding carboxylic acids is 1. The number of nitrogens with two attached hydrogens (primary N) is 1. The number of nitrogens with one attached hydrogen (secondary N) is 1. The quantitative estimate of drug-likeness (QED) is 0.703. The molecule has 0 radical (unpaired) electrons. The van der Waals surface area contributed by atoms with Gasteiger partial charge < -0.3 is 10.1 Å². The Morgan fingerprint density at radius 3 is 2.38 bits per heavy atom. The first-order chi connectivity index (χ1) is 9.80. The number of sulfonamides is 1. The van der Waals surface area contributed by atoms with Crippen LogP contribution in [-0.2, 0) is 14.8 Å². The Balaban J connectivity index is 2.36. The lowest BCUT2D eigenvalue weighted by Crippen LogP contribution is -2.27. The predicted molar refractivity (Wildman–Crippen MR) is 80.4 cm³/mol. The Kier molecular flexibility index (Phi) is 6.80. The molecule has 0 aliphatic carbocycles. The van der Waals surface area contributed by atoms with Gasteiger partial charge in [-0.05, 0) is 36.6 Å². The van der Waals surface area contributed by atoms with Crippen molar-refractivity contribution in [1.29, 1.82) is 0 Å². The zero-order valence-corrected chi connectivity index (χ0v) is 13.2. The van der Waals surface area contributed by atoms with Crippen molar-refractivity contribution < 1.29 is 17.9 Å². The average Bonchev–Trinajstić information content (AvgIpc) is 2.41. The zero-order chi connectivity index (χ0) is 15.9. The average molecular weight is 314 g/mol. The van der Waals surface area contributed by atoms with Crippen molar-refractivity contribution in [3.8, 4) is 0 Å². The first-order valence-electron chi connectivity index (χ1n) is 6.79. The molecule has 0 aliphatic heterocycles. The fraction of sp³-hybridized carbons (Fsp3) is 0.500. The van der Waals surface area contributed by atoms with Gasteiger partial charge in [0, 0.05) is 18.7 Å². The van der Waals surface area contributed by atoms with Crippen LogP contribution in [0.25, 0.3) is 0 Å². The maximum atomic E-state index is 11.8. The van der Waals surface area contributed by atoms with Gasteiger partial charge >= 0.3 is 0 Å². The van der Waals surface area contributed by atoms with Crippen LogP contribution in [0, 0.1) is 5.92 Å². The summed E-state index contributed by atoms with van der Waals surface area (Å²) >= 11 is 0. The molecule has 0 saturated heterocycles. The van der Waals surface area contributed by atoms with E-state index in [0.29, 0.717) is 31.2 Å². The van der Waals surface area contributed by atoms with E-state index in [1.165, 1.54) is 24.3 Å². The van der Waals surface area contributed by atoms with Crippen LogP contribution in [-0.4, -0.2) is 34.1 Å². The van der Waals surface area contributed by atoms with E-state index < -0.39 is 10.0 Å². The maximum absolute atomic E-state index is 11.8. The van der Waals surface area contributed by atoms with E-state index in [1.807, 2.05) is 0 Å². The Morgan fingerprint density at radius 2 is 1.86 bits per heavy atom. The second-order valence-corrected chi connectivity index (χ2v) is 6.68. The molecule has 7 heteroatoms. The van der Waals surface area contributed by atoms with Gasteiger partial charge in [-0.15, -0.1) is 0 Å². The second kappa shape index (κ2) is 8.11. The Hall–Kier alpha value is -1.44. The summed E-state index contributed by atoms with van der Waals surface area (Å²) in [5.74, 6) is 0.320. The molecule has 118 valence electrons. The van der Waals surface area contributed by atoms with Crippen molar-refractivity contribution in [2.45, 2.75) is 25.2 Å². The van der Waals surface area contributed by atoms with Gasteiger partial charge in [-0.3, -0.25) is 4.79 Å². The van der Waals surface area contributed by atoms with Gasteiger partial charge in [-0.25, -0.2) is 13.6 Å². The van der Waals surface area contributed by atoms with Crippen LogP contribution >= 0.6 is 0 Å². The molecular weight excluding hydrogens is 292 g/mol. The molecule has 0 atom stereocenters. The first-order valence-corrected chi connectivity index (χ1v) is 8.34. The molecule has 0 aromatic heterocycles. The number of primary sulfonamides is 1. The topological polar surface area (TPSA) is 98.5 Å². The maximum Gasteiger partial charge on any atom is 0.251 e. The van der Waals surface area contributed by atoms with E-state index in [1.54, 1.807) is 0 Å². The monoisotopic (exact) mass is 314 g/mol. The summed E-state index contributed by atoms with van der Waals surface area (Å²) in [4.78, 5) is 11.8. The van der Waals surface area contributed by atoms with E-state index >= 15 is 0 Å². The second-order valence-electron chi connectivity index (χ2n) is 5.12. The van der Waals surface area contributed by atoms with Crippen LogP contribution in [0.15, 0.2) is 29.2 Å².